The number of carbonyl (C=O) groups excluding carboxylic acids is 1. The molecule has 2 atom stereocenters. The van der Waals surface area contributed by atoms with Crippen LogP contribution in [-0.4, -0.2) is 49.9 Å². The van der Waals surface area contributed by atoms with Gasteiger partial charge in [-0.2, -0.15) is 0 Å². The molecule has 0 aromatic carbocycles. The fourth-order valence-corrected chi connectivity index (χ4v) is 5.32. The van der Waals surface area contributed by atoms with Gasteiger partial charge in [-0.15, -0.1) is 0 Å². The maximum atomic E-state index is 12.5. The van der Waals surface area contributed by atoms with E-state index in [0.29, 0.717) is 13.0 Å². The Morgan fingerprint density at radius 3 is 1.77 bits per heavy atom. The lowest BCUT2D eigenvalue weighted by Gasteiger charge is -2.20. The van der Waals surface area contributed by atoms with E-state index in [1.54, 1.807) is 0 Å². The number of unbranched alkanes of at least 4 members (excludes halogenated alkanes) is 11. The summed E-state index contributed by atoms with van der Waals surface area (Å²) in [6, 6.07) is 0. The molecule has 0 aliphatic rings. The van der Waals surface area contributed by atoms with Crippen LogP contribution in [0.5, 0.6) is 0 Å². The number of ether oxygens (including phenoxy) is 2. The fraction of sp³-hybridized carbons (Fsp3) is 0.711. The summed E-state index contributed by atoms with van der Waals surface area (Å²) < 4.78 is 33.2. The van der Waals surface area contributed by atoms with E-state index in [9.17, 15) is 14.3 Å². The molecular formula is C38H68NO7P. The molecule has 0 heterocycles. The first-order chi connectivity index (χ1) is 22.9. The molecule has 0 rings (SSSR count). The van der Waals surface area contributed by atoms with Gasteiger partial charge in [0.25, 0.3) is 0 Å². The molecule has 0 spiro atoms. The van der Waals surface area contributed by atoms with Gasteiger partial charge in [-0.1, -0.05) is 132 Å². The third-order valence-electron chi connectivity index (χ3n) is 7.20. The highest BCUT2D eigenvalue weighted by Gasteiger charge is 2.25. The summed E-state index contributed by atoms with van der Waals surface area (Å²) in [5.74, 6) is -0.365. The van der Waals surface area contributed by atoms with Crippen molar-refractivity contribution < 1.29 is 32.8 Å². The monoisotopic (exact) mass is 681 g/mol. The summed E-state index contributed by atoms with van der Waals surface area (Å²) in [4.78, 5) is 22.3. The number of carbonyl (C=O) groups is 1. The Hall–Kier alpha value is -1.80. The highest BCUT2D eigenvalue weighted by atomic mass is 31.2. The Balaban J connectivity index is 4.17. The number of hydrogen-bond acceptors (Lipinski definition) is 7. The van der Waals surface area contributed by atoms with E-state index in [1.807, 2.05) is 0 Å². The average molecular weight is 682 g/mol. The van der Waals surface area contributed by atoms with Crippen LogP contribution in [0, 0.1) is 0 Å². The number of nitrogens with two attached hydrogens (primary N) is 1. The van der Waals surface area contributed by atoms with Crippen LogP contribution in [0.25, 0.3) is 0 Å². The molecular weight excluding hydrogens is 613 g/mol. The number of esters is 1. The van der Waals surface area contributed by atoms with Gasteiger partial charge in [0.1, 0.15) is 6.10 Å². The fourth-order valence-electron chi connectivity index (χ4n) is 4.55. The van der Waals surface area contributed by atoms with Gasteiger partial charge < -0.3 is 20.1 Å². The Labute approximate surface area is 287 Å². The van der Waals surface area contributed by atoms with Crippen molar-refractivity contribution in [3.05, 3.63) is 60.8 Å². The highest BCUT2D eigenvalue weighted by Crippen LogP contribution is 2.43. The van der Waals surface area contributed by atoms with Crippen LogP contribution >= 0.6 is 7.82 Å². The van der Waals surface area contributed by atoms with Crippen molar-refractivity contribution in [1.29, 1.82) is 0 Å². The minimum absolute atomic E-state index is 0.0925. The molecule has 0 saturated carbocycles. The molecule has 272 valence electrons. The molecule has 0 fully saturated rings. The van der Waals surface area contributed by atoms with E-state index in [4.69, 9.17) is 24.3 Å². The standard InChI is InChI=1S/C38H68NO7P/c1-3-5-7-9-11-13-14-15-16-17-18-19-20-21-22-23-25-27-29-31-38(40)46-37(36-45-47(41,42)44-34-32-39)35-43-33-30-28-26-24-12-10-8-6-4-2/h5,7,11,13,15-16,18-19,21-22,37H,3-4,6,8-10,12,14,17,20,23-36,39H2,1-2H3,(H,41,42)/b7-5-,13-11-,16-15-,19-18-,22-21-. The smallest absolute Gasteiger partial charge is 0.457 e. The molecule has 0 aromatic rings. The maximum absolute atomic E-state index is 12.5. The Bertz CT molecular complexity index is 900. The summed E-state index contributed by atoms with van der Waals surface area (Å²) in [6.07, 6.45) is 40.9. The lowest BCUT2D eigenvalue weighted by molar-refractivity contribution is -0.154. The highest BCUT2D eigenvalue weighted by molar-refractivity contribution is 7.47. The van der Waals surface area contributed by atoms with E-state index in [-0.39, 0.29) is 38.8 Å². The molecule has 2 unspecified atom stereocenters. The summed E-state index contributed by atoms with van der Waals surface area (Å²) >= 11 is 0. The molecule has 0 amide bonds. The largest absolute Gasteiger partial charge is 0.472 e. The Morgan fingerprint density at radius 2 is 1.19 bits per heavy atom. The zero-order chi connectivity index (χ0) is 34.5. The molecule has 0 radical (unpaired) electrons. The second-order valence-electron chi connectivity index (χ2n) is 11.7. The van der Waals surface area contributed by atoms with Crippen LogP contribution in [0.15, 0.2) is 60.8 Å². The van der Waals surface area contributed by atoms with E-state index in [1.165, 1.54) is 44.9 Å². The molecule has 47 heavy (non-hydrogen) atoms. The molecule has 8 nitrogen and oxygen atoms in total. The number of hydrogen-bond donors (Lipinski definition) is 2. The molecule has 0 aliphatic carbocycles. The van der Waals surface area contributed by atoms with Crippen molar-refractivity contribution >= 4 is 13.8 Å². The van der Waals surface area contributed by atoms with Crippen LogP contribution in [0.4, 0.5) is 0 Å². The van der Waals surface area contributed by atoms with E-state index in [0.717, 1.165) is 64.2 Å². The minimum Gasteiger partial charge on any atom is -0.457 e. The normalized spacial score (nSPS) is 14.4. The first kappa shape index (κ1) is 45.2. The van der Waals surface area contributed by atoms with Gasteiger partial charge in [-0.05, 0) is 57.8 Å². The van der Waals surface area contributed by atoms with Gasteiger partial charge in [-0.3, -0.25) is 13.8 Å². The van der Waals surface area contributed by atoms with Crippen LogP contribution in [0.1, 0.15) is 136 Å². The predicted octanol–water partition coefficient (Wildman–Crippen LogP) is 10.2. The first-order valence-corrected chi connectivity index (χ1v) is 19.8. The zero-order valence-electron chi connectivity index (χ0n) is 29.7. The third-order valence-corrected chi connectivity index (χ3v) is 8.18. The summed E-state index contributed by atoms with van der Waals surface area (Å²) in [5.41, 5.74) is 5.34. The number of phosphoric acid groups is 1. The van der Waals surface area contributed by atoms with Gasteiger partial charge >= 0.3 is 13.8 Å². The van der Waals surface area contributed by atoms with Crippen molar-refractivity contribution in [2.24, 2.45) is 5.73 Å². The van der Waals surface area contributed by atoms with Crippen molar-refractivity contribution in [3.63, 3.8) is 0 Å². The van der Waals surface area contributed by atoms with Crippen molar-refractivity contribution in [3.8, 4) is 0 Å². The molecule has 0 saturated heterocycles. The van der Waals surface area contributed by atoms with Crippen LogP contribution in [0.3, 0.4) is 0 Å². The molecule has 0 aromatic heterocycles. The lowest BCUT2D eigenvalue weighted by Crippen LogP contribution is -2.28. The zero-order valence-corrected chi connectivity index (χ0v) is 30.6. The van der Waals surface area contributed by atoms with Gasteiger partial charge in [0.05, 0.1) is 19.8 Å². The van der Waals surface area contributed by atoms with Crippen molar-refractivity contribution in [1.82, 2.24) is 0 Å². The predicted molar refractivity (Wildman–Crippen MR) is 196 cm³/mol. The van der Waals surface area contributed by atoms with Gasteiger partial charge in [0.2, 0.25) is 0 Å². The maximum Gasteiger partial charge on any atom is 0.472 e. The summed E-state index contributed by atoms with van der Waals surface area (Å²) in [5, 5.41) is 0. The quantitative estimate of drug-likeness (QED) is 0.0298. The Kier molecular flexibility index (Phi) is 34.1. The topological polar surface area (TPSA) is 117 Å². The van der Waals surface area contributed by atoms with Gasteiger partial charge in [-0.25, -0.2) is 4.57 Å². The number of allylic oxidation sites excluding steroid dienone is 10. The molecule has 0 aliphatic heterocycles. The van der Waals surface area contributed by atoms with E-state index >= 15 is 0 Å². The summed E-state index contributed by atoms with van der Waals surface area (Å²) in [7, 11) is -4.28. The van der Waals surface area contributed by atoms with Gasteiger partial charge in [0.15, 0.2) is 0 Å². The number of rotatable bonds is 34. The third kappa shape index (κ3) is 35.3. The second kappa shape index (κ2) is 35.5. The summed E-state index contributed by atoms with van der Waals surface area (Å²) in [6.45, 7) is 4.72. The SMILES string of the molecule is CC/C=C\C/C=C\C/C=C\C/C=C\C/C=C\CCCCCC(=O)OC(COCCCCCCCCCCC)COP(=O)(O)OCCN. The second-order valence-corrected chi connectivity index (χ2v) is 13.2. The average Bonchev–Trinajstić information content (AvgIpc) is 3.06. The van der Waals surface area contributed by atoms with Crippen molar-refractivity contribution in [2.75, 3.05) is 33.0 Å². The molecule has 0 bridgehead atoms. The number of phosphoric ester groups is 1. The first-order valence-electron chi connectivity index (χ1n) is 18.3. The lowest BCUT2D eigenvalue weighted by atomic mass is 10.1. The Morgan fingerprint density at radius 1 is 0.660 bits per heavy atom. The van der Waals surface area contributed by atoms with Crippen LogP contribution in [-0.2, 0) is 27.9 Å². The minimum atomic E-state index is -4.28. The van der Waals surface area contributed by atoms with Crippen LogP contribution in [0.2, 0.25) is 0 Å². The molecule has 9 heteroatoms. The van der Waals surface area contributed by atoms with E-state index < -0.39 is 13.9 Å². The van der Waals surface area contributed by atoms with Gasteiger partial charge in [0, 0.05) is 19.6 Å². The van der Waals surface area contributed by atoms with E-state index in [2.05, 4.69) is 74.6 Å². The van der Waals surface area contributed by atoms with Crippen molar-refractivity contribution in [2.45, 2.75) is 142 Å². The molecule has 3 N–H and O–H groups in total. The van der Waals surface area contributed by atoms with Crippen LogP contribution < -0.4 is 5.73 Å².